The monoisotopic (exact) mass is 294 g/mol. The maximum Gasteiger partial charge on any atom is 0.292 e. The van der Waals surface area contributed by atoms with Gasteiger partial charge in [-0.3, -0.25) is 19.7 Å². The van der Waals surface area contributed by atoms with Gasteiger partial charge in [0.2, 0.25) is 5.91 Å². The number of rotatable bonds is 6. The molecule has 4 N–H and O–H groups in total. The average Bonchev–Trinajstić information content (AvgIpc) is 2.44. The Morgan fingerprint density at radius 3 is 2.67 bits per heavy atom. The molecule has 8 nitrogen and oxygen atoms in total. The SMILES string of the molecule is CCCNC(=O)C(C)NC(=O)c1cccc([N+](=O)[O-])c1N. The van der Waals surface area contributed by atoms with E-state index in [2.05, 4.69) is 10.6 Å². The molecule has 0 bridgehead atoms. The van der Waals surface area contributed by atoms with Crippen molar-refractivity contribution in [2.75, 3.05) is 12.3 Å². The summed E-state index contributed by atoms with van der Waals surface area (Å²) in [6.45, 7) is 3.95. The Bertz CT molecular complexity index is 559. The Kier molecular flexibility index (Phi) is 5.65. The maximum absolute atomic E-state index is 12.0. The molecule has 1 unspecified atom stereocenters. The highest BCUT2D eigenvalue weighted by Gasteiger charge is 2.21. The summed E-state index contributed by atoms with van der Waals surface area (Å²) in [7, 11) is 0. The van der Waals surface area contributed by atoms with Crippen LogP contribution in [-0.2, 0) is 4.79 Å². The quantitative estimate of drug-likeness (QED) is 0.406. The molecule has 0 aliphatic heterocycles. The zero-order valence-corrected chi connectivity index (χ0v) is 11.9. The Morgan fingerprint density at radius 1 is 1.43 bits per heavy atom. The molecule has 0 spiro atoms. The van der Waals surface area contributed by atoms with Crippen LogP contribution in [0.3, 0.4) is 0 Å². The highest BCUT2D eigenvalue weighted by Crippen LogP contribution is 2.24. The van der Waals surface area contributed by atoms with Crippen molar-refractivity contribution in [1.29, 1.82) is 0 Å². The molecule has 0 aliphatic rings. The number of amides is 2. The lowest BCUT2D eigenvalue weighted by Gasteiger charge is -2.14. The van der Waals surface area contributed by atoms with E-state index in [1.165, 1.54) is 25.1 Å². The number of carbonyl (C=O) groups is 2. The number of anilines is 1. The van der Waals surface area contributed by atoms with E-state index in [9.17, 15) is 19.7 Å². The van der Waals surface area contributed by atoms with Gasteiger partial charge in [0, 0.05) is 12.6 Å². The van der Waals surface area contributed by atoms with Gasteiger partial charge >= 0.3 is 0 Å². The molecule has 1 atom stereocenters. The fraction of sp³-hybridized carbons (Fsp3) is 0.385. The highest BCUT2D eigenvalue weighted by molar-refractivity contribution is 6.02. The molecule has 0 aromatic heterocycles. The first kappa shape index (κ1) is 16.4. The summed E-state index contributed by atoms with van der Waals surface area (Å²) in [5.41, 5.74) is 5.02. The number of para-hydroxylation sites is 1. The normalized spacial score (nSPS) is 11.5. The molecule has 114 valence electrons. The van der Waals surface area contributed by atoms with Crippen LogP contribution in [0.1, 0.15) is 30.6 Å². The van der Waals surface area contributed by atoms with Crippen molar-refractivity contribution in [2.24, 2.45) is 0 Å². The van der Waals surface area contributed by atoms with Crippen LogP contribution >= 0.6 is 0 Å². The fourth-order valence-corrected chi connectivity index (χ4v) is 1.65. The number of carbonyl (C=O) groups excluding carboxylic acids is 2. The molecule has 0 fully saturated rings. The van der Waals surface area contributed by atoms with E-state index in [0.717, 1.165) is 6.42 Å². The summed E-state index contributed by atoms with van der Waals surface area (Å²) in [5.74, 6) is -0.954. The van der Waals surface area contributed by atoms with E-state index in [-0.39, 0.29) is 22.8 Å². The van der Waals surface area contributed by atoms with Crippen molar-refractivity contribution in [2.45, 2.75) is 26.3 Å². The van der Waals surface area contributed by atoms with E-state index in [4.69, 9.17) is 5.73 Å². The standard InChI is InChI=1S/C13H18N4O4/c1-3-7-15-12(18)8(2)16-13(19)9-5-4-6-10(11(9)14)17(20)21/h4-6,8H,3,7,14H2,1-2H3,(H,15,18)(H,16,19). The van der Waals surface area contributed by atoms with Crippen LogP contribution in [0.15, 0.2) is 18.2 Å². The molecule has 2 amide bonds. The predicted molar refractivity (Wildman–Crippen MR) is 77.7 cm³/mol. The highest BCUT2D eigenvalue weighted by atomic mass is 16.6. The van der Waals surface area contributed by atoms with E-state index in [0.29, 0.717) is 6.54 Å². The van der Waals surface area contributed by atoms with Gasteiger partial charge in [-0.05, 0) is 19.4 Å². The molecule has 1 rings (SSSR count). The zero-order valence-electron chi connectivity index (χ0n) is 11.9. The van der Waals surface area contributed by atoms with Gasteiger partial charge in [-0.25, -0.2) is 0 Å². The van der Waals surface area contributed by atoms with Gasteiger partial charge < -0.3 is 16.4 Å². The maximum atomic E-state index is 12.0. The fourth-order valence-electron chi connectivity index (χ4n) is 1.65. The Labute approximate surface area is 121 Å². The van der Waals surface area contributed by atoms with Crippen molar-refractivity contribution in [3.05, 3.63) is 33.9 Å². The van der Waals surface area contributed by atoms with Crippen LogP contribution in [0.2, 0.25) is 0 Å². The molecule has 0 radical (unpaired) electrons. The summed E-state index contributed by atoms with van der Waals surface area (Å²) in [6.07, 6.45) is 0.782. The summed E-state index contributed by atoms with van der Waals surface area (Å²) < 4.78 is 0. The lowest BCUT2D eigenvalue weighted by Crippen LogP contribution is -2.45. The molecular weight excluding hydrogens is 276 g/mol. The topological polar surface area (TPSA) is 127 Å². The molecule has 1 aromatic rings. The van der Waals surface area contributed by atoms with Crippen LogP contribution < -0.4 is 16.4 Å². The van der Waals surface area contributed by atoms with E-state index >= 15 is 0 Å². The Balaban J connectivity index is 2.83. The van der Waals surface area contributed by atoms with Crippen LogP contribution in [0.5, 0.6) is 0 Å². The van der Waals surface area contributed by atoms with E-state index in [1.54, 1.807) is 0 Å². The summed E-state index contributed by atoms with van der Waals surface area (Å²) in [4.78, 5) is 33.8. The Morgan fingerprint density at radius 2 is 2.10 bits per heavy atom. The van der Waals surface area contributed by atoms with Crippen molar-refractivity contribution >= 4 is 23.2 Å². The molecule has 0 heterocycles. The van der Waals surface area contributed by atoms with Crippen molar-refractivity contribution in [3.8, 4) is 0 Å². The van der Waals surface area contributed by atoms with Gasteiger partial charge in [0.25, 0.3) is 11.6 Å². The number of benzene rings is 1. The molecule has 0 aliphatic carbocycles. The van der Waals surface area contributed by atoms with Gasteiger partial charge in [-0.1, -0.05) is 13.0 Å². The number of hydrogen-bond acceptors (Lipinski definition) is 5. The smallest absolute Gasteiger partial charge is 0.292 e. The van der Waals surface area contributed by atoms with Gasteiger partial charge in [-0.15, -0.1) is 0 Å². The summed E-state index contributed by atoms with van der Waals surface area (Å²) >= 11 is 0. The number of nitro groups is 1. The first-order valence-corrected chi connectivity index (χ1v) is 6.50. The number of nitro benzene ring substituents is 1. The third kappa shape index (κ3) is 4.16. The third-order valence-electron chi connectivity index (χ3n) is 2.81. The molecule has 1 aromatic carbocycles. The lowest BCUT2D eigenvalue weighted by molar-refractivity contribution is -0.383. The predicted octanol–water partition coefficient (Wildman–Crippen LogP) is 0.821. The van der Waals surface area contributed by atoms with Crippen LogP contribution in [-0.4, -0.2) is 29.3 Å². The second kappa shape index (κ2) is 7.22. The Hall–Kier alpha value is -2.64. The van der Waals surface area contributed by atoms with Crippen molar-refractivity contribution < 1.29 is 14.5 Å². The minimum atomic E-state index is -0.761. The van der Waals surface area contributed by atoms with Crippen LogP contribution in [0.25, 0.3) is 0 Å². The number of nitrogens with two attached hydrogens (primary N) is 1. The first-order valence-electron chi connectivity index (χ1n) is 6.50. The lowest BCUT2D eigenvalue weighted by atomic mass is 10.1. The van der Waals surface area contributed by atoms with Gasteiger partial charge in [0.05, 0.1) is 10.5 Å². The van der Waals surface area contributed by atoms with Crippen molar-refractivity contribution in [3.63, 3.8) is 0 Å². The first-order chi connectivity index (χ1) is 9.88. The largest absolute Gasteiger partial charge is 0.393 e. The number of nitrogen functional groups attached to an aromatic ring is 1. The van der Waals surface area contributed by atoms with Crippen LogP contribution in [0.4, 0.5) is 11.4 Å². The summed E-state index contributed by atoms with van der Waals surface area (Å²) in [5, 5.41) is 15.9. The van der Waals surface area contributed by atoms with Gasteiger partial charge in [-0.2, -0.15) is 0 Å². The minimum absolute atomic E-state index is 0.0284. The second-order valence-corrected chi connectivity index (χ2v) is 4.48. The molecule has 21 heavy (non-hydrogen) atoms. The molecule has 0 saturated carbocycles. The second-order valence-electron chi connectivity index (χ2n) is 4.48. The number of nitrogens with zero attached hydrogens (tertiary/aromatic N) is 1. The van der Waals surface area contributed by atoms with Crippen LogP contribution in [0, 0.1) is 10.1 Å². The number of hydrogen-bond donors (Lipinski definition) is 3. The molecular formula is C13H18N4O4. The summed E-state index contributed by atoms with van der Waals surface area (Å²) in [6, 6.07) is 3.19. The molecule has 0 saturated heterocycles. The average molecular weight is 294 g/mol. The minimum Gasteiger partial charge on any atom is -0.393 e. The van der Waals surface area contributed by atoms with Gasteiger partial charge in [0.1, 0.15) is 11.7 Å². The zero-order chi connectivity index (χ0) is 16.0. The van der Waals surface area contributed by atoms with Gasteiger partial charge in [0.15, 0.2) is 0 Å². The molecule has 8 heteroatoms. The van der Waals surface area contributed by atoms with Crippen molar-refractivity contribution in [1.82, 2.24) is 10.6 Å². The third-order valence-corrected chi connectivity index (χ3v) is 2.81. The van der Waals surface area contributed by atoms with E-state index < -0.39 is 16.9 Å². The number of nitrogens with one attached hydrogen (secondary N) is 2. The van der Waals surface area contributed by atoms with E-state index in [1.807, 2.05) is 6.92 Å².